The van der Waals surface area contributed by atoms with E-state index in [2.05, 4.69) is 10.6 Å². The van der Waals surface area contributed by atoms with Gasteiger partial charge in [0.15, 0.2) is 5.69 Å². The highest BCUT2D eigenvalue weighted by Gasteiger charge is 2.21. The van der Waals surface area contributed by atoms with Crippen molar-refractivity contribution in [3.05, 3.63) is 76.2 Å². The number of aromatic hydroxyl groups is 1. The summed E-state index contributed by atoms with van der Waals surface area (Å²) >= 11 is 0. The zero-order chi connectivity index (χ0) is 24.1. The molecule has 0 spiro atoms. The number of amides is 2. The predicted molar refractivity (Wildman–Crippen MR) is 124 cm³/mol. The number of hydrogen-bond acceptors (Lipinski definition) is 5. The van der Waals surface area contributed by atoms with E-state index in [1.165, 1.54) is 23.9 Å². The number of pyridine rings is 1. The number of anilines is 1. The van der Waals surface area contributed by atoms with Crippen LogP contribution in [0.4, 0.5) is 10.5 Å². The average Bonchev–Trinajstić information content (AvgIpc) is 2.78. The van der Waals surface area contributed by atoms with Crippen molar-refractivity contribution in [3.8, 4) is 22.6 Å². The number of benzene rings is 2. The van der Waals surface area contributed by atoms with E-state index < -0.39 is 23.6 Å². The van der Waals surface area contributed by atoms with Gasteiger partial charge in [0.1, 0.15) is 11.5 Å². The number of carboxylic acid groups (broad SMARTS) is 1. The van der Waals surface area contributed by atoms with Gasteiger partial charge in [-0.05, 0) is 47.9 Å². The van der Waals surface area contributed by atoms with E-state index in [0.717, 1.165) is 16.7 Å². The van der Waals surface area contributed by atoms with Crippen LogP contribution >= 0.6 is 0 Å². The van der Waals surface area contributed by atoms with Crippen LogP contribution in [0.25, 0.3) is 11.1 Å². The van der Waals surface area contributed by atoms with E-state index in [1.54, 1.807) is 19.2 Å². The van der Waals surface area contributed by atoms with Crippen LogP contribution < -0.4 is 20.9 Å². The topological polar surface area (TPSA) is 130 Å². The number of nitrogens with zero attached hydrogens (tertiary/aromatic N) is 1. The number of ether oxygens (including phenoxy) is 1. The van der Waals surface area contributed by atoms with Crippen molar-refractivity contribution in [2.75, 3.05) is 12.4 Å². The summed E-state index contributed by atoms with van der Waals surface area (Å²) < 4.78 is 6.48. The molecule has 9 nitrogen and oxygen atoms in total. The molecule has 33 heavy (non-hydrogen) atoms. The fraction of sp³-hybridized carbons (Fsp3) is 0.208. The van der Waals surface area contributed by atoms with Crippen LogP contribution in [0.5, 0.6) is 11.5 Å². The highest BCUT2D eigenvalue weighted by Crippen LogP contribution is 2.29. The first-order valence-corrected chi connectivity index (χ1v) is 10.1. The minimum Gasteiger partial charge on any atom is -0.505 e. The van der Waals surface area contributed by atoms with Crippen LogP contribution in [0, 0.1) is 6.92 Å². The molecule has 1 aromatic heterocycles. The first-order chi connectivity index (χ1) is 15.7. The number of rotatable bonds is 7. The van der Waals surface area contributed by atoms with Crippen molar-refractivity contribution < 1.29 is 24.5 Å². The molecule has 0 fully saturated rings. The third kappa shape index (κ3) is 5.70. The normalized spacial score (nSPS) is 11.5. The third-order valence-corrected chi connectivity index (χ3v) is 5.07. The number of carboxylic acids is 1. The second-order valence-electron chi connectivity index (χ2n) is 7.61. The van der Waals surface area contributed by atoms with Crippen molar-refractivity contribution >= 4 is 17.7 Å². The molecule has 0 radical (unpaired) electrons. The van der Waals surface area contributed by atoms with Gasteiger partial charge in [-0.3, -0.25) is 9.59 Å². The molecule has 3 aromatic rings. The molecule has 1 atom stereocenters. The molecule has 172 valence electrons. The number of urea groups is 1. The molecular weight excluding hydrogens is 426 g/mol. The van der Waals surface area contributed by atoms with Crippen molar-refractivity contribution in [2.45, 2.75) is 19.4 Å². The van der Waals surface area contributed by atoms with Gasteiger partial charge in [0.05, 0.1) is 19.6 Å². The number of hydrogen-bond donors (Lipinski definition) is 4. The molecule has 2 aromatic carbocycles. The van der Waals surface area contributed by atoms with Gasteiger partial charge in [0, 0.05) is 13.2 Å². The second-order valence-corrected chi connectivity index (χ2v) is 7.61. The monoisotopic (exact) mass is 451 g/mol. The van der Waals surface area contributed by atoms with Gasteiger partial charge in [-0.25, -0.2) is 4.79 Å². The largest absolute Gasteiger partial charge is 0.505 e. The Balaban J connectivity index is 1.92. The smallest absolute Gasteiger partial charge is 0.319 e. The second kappa shape index (κ2) is 9.90. The summed E-state index contributed by atoms with van der Waals surface area (Å²) in [6.07, 6.45) is 0.980. The standard InChI is InChI=1S/C24H25N3O6/c1-14-9-16(15-5-4-6-18(12-15)33-3)11-17(10-14)19(13-21(29)30)25-24(32)26-22-20(28)7-8-27(2)23(22)31/h4-12,19,28H,13H2,1-3H3,(H,29,30)(H2,25,26,32)/t19-/m0/s1. The molecule has 0 saturated heterocycles. The van der Waals surface area contributed by atoms with Crippen LogP contribution in [-0.2, 0) is 11.8 Å². The number of carbonyl (C=O) groups is 2. The van der Waals surface area contributed by atoms with Gasteiger partial charge in [0.2, 0.25) is 0 Å². The summed E-state index contributed by atoms with van der Waals surface area (Å²) in [6.45, 7) is 1.87. The van der Waals surface area contributed by atoms with Crippen LogP contribution in [0.3, 0.4) is 0 Å². The summed E-state index contributed by atoms with van der Waals surface area (Å²) in [4.78, 5) is 36.4. The number of methoxy groups -OCH3 is 1. The Morgan fingerprint density at radius 2 is 1.88 bits per heavy atom. The van der Waals surface area contributed by atoms with Gasteiger partial charge in [-0.15, -0.1) is 0 Å². The molecule has 1 heterocycles. The van der Waals surface area contributed by atoms with Crippen molar-refractivity contribution in [2.24, 2.45) is 7.05 Å². The molecule has 9 heteroatoms. The van der Waals surface area contributed by atoms with Crippen molar-refractivity contribution in [1.29, 1.82) is 0 Å². The Morgan fingerprint density at radius 3 is 2.58 bits per heavy atom. The quantitative estimate of drug-likeness (QED) is 0.436. The lowest BCUT2D eigenvalue weighted by Crippen LogP contribution is -2.36. The summed E-state index contributed by atoms with van der Waals surface area (Å²) in [5.41, 5.74) is 2.25. The fourth-order valence-corrected chi connectivity index (χ4v) is 3.45. The SMILES string of the molecule is COc1cccc(-c2cc(C)cc([C@H](CC(=O)O)NC(=O)Nc3c(O)ccn(C)c3=O)c2)c1. The molecule has 0 aliphatic carbocycles. The minimum atomic E-state index is -1.11. The van der Waals surface area contributed by atoms with Crippen LogP contribution in [0.1, 0.15) is 23.6 Å². The van der Waals surface area contributed by atoms with E-state index in [4.69, 9.17) is 4.74 Å². The molecule has 0 aliphatic heterocycles. The zero-order valence-electron chi connectivity index (χ0n) is 18.5. The molecular formula is C24H25N3O6. The first kappa shape index (κ1) is 23.4. The van der Waals surface area contributed by atoms with Crippen molar-refractivity contribution in [1.82, 2.24) is 9.88 Å². The van der Waals surface area contributed by atoms with Crippen molar-refractivity contribution in [3.63, 3.8) is 0 Å². The number of aromatic nitrogens is 1. The van der Waals surface area contributed by atoms with Gasteiger partial charge in [-0.1, -0.05) is 29.8 Å². The molecule has 0 saturated carbocycles. The van der Waals surface area contributed by atoms with E-state index in [9.17, 15) is 24.6 Å². The molecule has 0 unspecified atom stereocenters. The van der Waals surface area contributed by atoms with E-state index in [0.29, 0.717) is 11.3 Å². The highest BCUT2D eigenvalue weighted by atomic mass is 16.5. The lowest BCUT2D eigenvalue weighted by molar-refractivity contribution is -0.137. The van der Waals surface area contributed by atoms with Gasteiger partial charge < -0.3 is 30.2 Å². The maximum absolute atomic E-state index is 12.6. The molecule has 0 aliphatic rings. The number of nitrogens with one attached hydrogen (secondary N) is 2. The molecule has 0 bridgehead atoms. The van der Waals surface area contributed by atoms with E-state index >= 15 is 0 Å². The summed E-state index contributed by atoms with van der Waals surface area (Å²) in [5, 5.41) is 24.3. The highest BCUT2D eigenvalue weighted by molar-refractivity contribution is 5.91. The van der Waals surface area contributed by atoms with Gasteiger partial charge >= 0.3 is 12.0 Å². The number of aryl methyl sites for hydroxylation is 2. The van der Waals surface area contributed by atoms with Crippen LogP contribution in [-0.4, -0.2) is 33.9 Å². The molecule has 2 amide bonds. The summed E-state index contributed by atoms with van der Waals surface area (Å²) in [5.74, 6) is -0.818. The molecule has 4 N–H and O–H groups in total. The van der Waals surface area contributed by atoms with Crippen LogP contribution in [0.2, 0.25) is 0 Å². The minimum absolute atomic E-state index is 0.298. The summed E-state index contributed by atoms with van der Waals surface area (Å²) in [6, 6.07) is 12.5. The zero-order valence-corrected chi connectivity index (χ0v) is 18.5. The molecule has 3 rings (SSSR count). The van der Waals surface area contributed by atoms with E-state index in [-0.39, 0.29) is 17.9 Å². The predicted octanol–water partition coefficient (Wildman–Crippen LogP) is 3.41. The Kier molecular flexibility index (Phi) is 7.02. The fourth-order valence-electron chi connectivity index (χ4n) is 3.45. The number of carbonyl (C=O) groups excluding carboxylic acids is 1. The number of aliphatic carboxylic acids is 1. The van der Waals surface area contributed by atoms with Gasteiger partial charge in [-0.2, -0.15) is 0 Å². The van der Waals surface area contributed by atoms with Gasteiger partial charge in [0.25, 0.3) is 5.56 Å². The lowest BCUT2D eigenvalue weighted by Gasteiger charge is -2.20. The maximum Gasteiger partial charge on any atom is 0.319 e. The Morgan fingerprint density at radius 1 is 1.12 bits per heavy atom. The Labute approximate surface area is 190 Å². The summed E-state index contributed by atoms with van der Waals surface area (Å²) in [7, 11) is 3.05. The Bertz CT molecular complexity index is 1250. The lowest BCUT2D eigenvalue weighted by atomic mass is 9.95. The maximum atomic E-state index is 12.6. The third-order valence-electron chi connectivity index (χ3n) is 5.07. The van der Waals surface area contributed by atoms with Crippen LogP contribution in [0.15, 0.2) is 59.5 Å². The van der Waals surface area contributed by atoms with E-state index in [1.807, 2.05) is 37.3 Å². The Hall–Kier alpha value is -4.27. The first-order valence-electron chi connectivity index (χ1n) is 10.1. The average molecular weight is 451 g/mol.